The zero-order valence-corrected chi connectivity index (χ0v) is 19.9. The van der Waals surface area contributed by atoms with Crippen molar-refractivity contribution in [3.05, 3.63) is 52.3 Å². The second-order valence-corrected chi connectivity index (χ2v) is 10.7. The first kappa shape index (κ1) is 21.3. The van der Waals surface area contributed by atoms with E-state index in [0.717, 1.165) is 25.0 Å². The van der Waals surface area contributed by atoms with E-state index in [2.05, 4.69) is 24.1 Å². The summed E-state index contributed by atoms with van der Waals surface area (Å²) >= 11 is 0. The molecular weight excluding hydrogens is 434 g/mol. The number of fused-ring (bicyclic) bond motifs is 2. The van der Waals surface area contributed by atoms with Gasteiger partial charge in [0, 0.05) is 30.0 Å². The van der Waals surface area contributed by atoms with Gasteiger partial charge in [0.1, 0.15) is 11.3 Å². The van der Waals surface area contributed by atoms with Gasteiger partial charge in [0.15, 0.2) is 0 Å². The Morgan fingerprint density at radius 3 is 2.71 bits per heavy atom. The number of amides is 1. The topological polar surface area (TPSA) is 99.8 Å². The van der Waals surface area contributed by atoms with Crippen molar-refractivity contribution in [1.29, 1.82) is 0 Å². The van der Waals surface area contributed by atoms with Gasteiger partial charge in [-0.15, -0.1) is 0 Å². The lowest BCUT2D eigenvalue weighted by Gasteiger charge is -2.41. The van der Waals surface area contributed by atoms with E-state index in [0.29, 0.717) is 18.3 Å². The molecule has 5 heterocycles. The Hall–Kier alpha value is -3.20. The molecule has 2 aliphatic carbocycles. The van der Waals surface area contributed by atoms with Crippen molar-refractivity contribution in [3.8, 4) is 5.88 Å². The summed E-state index contributed by atoms with van der Waals surface area (Å²) in [7, 11) is 0. The number of carbonyl (C=O) groups excluding carboxylic acids is 1. The maximum Gasteiger partial charge on any atom is 0.274 e. The average Bonchev–Trinajstić information content (AvgIpc) is 3.08. The molecule has 3 aromatic heterocycles. The fourth-order valence-corrected chi connectivity index (χ4v) is 5.53. The van der Waals surface area contributed by atoms with Crippen molar-refractivity contribution >= 4 is 17.4 Å². The van der Waals surface area contributed by atoms with Gasteiger partial charge < -0.3 is 19.4 Å². The molecule has 7 rings (SSSR count). The molecule has 2 bridgehead atoms. The summed E-state index contributed by atoms with van der Waals surface area (Å²) < 4.78 is 15.3. The van der Waals surface area contributed by atoms with Gasteiger partial charge in [-0.05, 0) is 58.1 Å². The molecule has 2 aliphatic heterocycles. The van der Waals surface area contributed by atoms with Crippen molar-refractivity contribution in [2.75, 3.05) is 11.9 Å². The lowest BCUT2D eigenvalue weighted by Crippen LogP contribution is -2.45. The number of imidazole rings is 1. The number of anilines is 1. The number of hydrogen-bond donors (Lipinski definition) is 1. The molecule has 0 radical (unpaired) electrons. The summed E-state index contributed by atoms with van der Waals surface area (Å²) in [6.45, 7) is 8.64. The van der Waals surface area contributed by atoms with E-state index in [4.69, 9.17) is 14.5 Å². The van der Waals surface area contributed by atoms with Crippen LogP contribution in [0.15, 0.2) is 35.5 Å². The second kappa shape index (κ2) is 7.15. The van der Waals surface area contributed by atoms with Gasteiger partial charge in [0.05, 0.1) is 24.0 Å². The number of carbonyl (C=O) groups is 1. The molecule has 4 fully saturated rings. The van der Waals surface area contributed by atoms with Gasteiger partial charge in [-0.25, -0.2) is 4.98 Å². The Kier molecular flexibility index (Phi) is 4.49. The summed E-state index contributed by atoms with van der Waals surface area (Å²) in [6.07, 6.45) is 8.04. The number of rotatable bonds is 6. The van der Waals surface area contributed by atoms with Crippen LogP contribution in [0.3, 0.4) is 0 Å². The molecule has 34 heavy (non-hydrogen) atoms. The van der Waals surface area contributed by atoms with Crippen LogP contribution in [0.5, 0.6) is 5.88 Å². The van der Waals surface area contributed by atoms with Gasteiger partial charge in [-0.2, -0.15) is 4.98 Å². The van der Waals surface area contributed by atoms with Crippen molar-refractivity contribution in [1.82, 2.24) is 18.9 Å². The number of pyridine rings is 1. The van der Waals surface area contributed by atoms with E-state index in [1.54, 1.807) is 33.5 Å². The summed E-state index contributed by atoms with van der Waals surface area (Å²) in [5.74, 6) is 0.692. The fraction of sp³-hybridized carbons (Fsp3) is 0.520. The molecule has 2 atom stereocenters. The molecule has 2 saturated carbocycles. The van der Waals surface area contributed by atoms with Crippen LogP contribution in [-0.2, 0) is 10.2 Å². The van der Waals surface area contributed by atoms with Crippen LogP contribution in [0, 0.1) is 5.92 Å². The maximum absolute atomic E-state index is 13.3. The van der Waals surface area contributed by atoms with Crippen LogP contribution in [-0.4, -0.2) is 43.2 Å². The SMILES string of the molecule is CC(C)Oc1nc2nc(C34COC(C)(C3)C4)cn2cc1C(=O)Nc1cccn([C@H]2C[C@H]2C)c1=O. The third kappa shape index (κ3) is 3.33. The molecule has 3 aromatic rings. The van der Waals surface area contributed by atoms with Crippen LogP contribution in [0.1, 0.15) is 69.1 Å². The highest BCUT2D eigenvalue weighted by Crippen LogP contribution is 2.58. The van der Waals surface area contributed by atoms with Crippen LogP contribution < -0.4 is 15.6 Å². The van der Waals surface area contributed by atoms with E-state index >= 15 is 0 Å². The number of aromatic nitrogens is 4. The minimum absolute atomic E-state index is 0.0545. The third-order valence-electron chi connectivity index (χ3n) is 7.32. The zero-order valence-electron chi connectivity index (χ0n) is 19.9. The highest BCUT2D eigenvalue weighted by Gasteiger charge is 2.61. The van der Waals surface area contributed by atoms with Gasteiger partial charge in [-0.1, -0.05) is 6.92 Å². The standard InChI is InChI=1S/C25H29N5O4/c1-14(2)34-21-16(20(31)26-17-6-5-7-30(22(17)32)18-8-15(18)3)9-29-10-19(27-23(29)28-21)25-11-24(4,12-25)33-13-25/h5-7,9-10,14-15,18H,8,11-13H2,1-4H3,(H,26,31)/t15-,18+,24?,25?/m1/s1. The molecule has 0 unspecified atom stereocenters. The van der Waals surface area contributed by atoms with Crippen LogP contribution in [0.2, 0.25) is 0 Å². The minimum Gasteiger partial charge on any atom is -0.474 e. The van der Waals surface area contributed by atoms with E-state index in [-0.39, 0.29) is 45.9 Å². The van der Waals surface area contributed by atoms with E-state index in [9.17, 15) is 9.59 Å². The molecule has 0 aromatic carbocycles. The second-order valence-electron chi connectivity index (χ2n) is 10.7. The first-order valence-corrected chi connectivity index (χ1v) is 11.9. The number of hydrogen-bond acceptors (Lipinski definition) is 6. The Balaban J connectivity index is 1.35. The molecule has 178 valence electrons. The van der Waals surface area contributed by atoms with E-state index < -0.39 is 5.91 Å². The summed E-state index contributed by atoms with van der Waals surface area (Å²) in [4.78, 5) is 35.6. The van der Waals surface area contributed by atoms with Crippen molar-refractivity contribution < 1.29 is 14.3 Å². The van der Waals surface area contributed by atoms with Crippen LogP contribution >= 0.6 is 0 Å². The molecule has 9 heteroatoms. The molecule has 9 nitrogen and oxygen atoms in total. The lowest BCUT2D eigenvalue weighted by atomic mass is 9.62. The number of nitrogens with one attached hydrogen (secondary N) is 1. The first-order valence-electron chi connectivity index (χ1n) is 11.9. The Morgan fingerprint density at radius 2 is 2.06 bits per heavy atom. The maximum atomic E-state index is 13.3. The van der Waals surface area contributed by atoms with Crippen LogP contribution in [0.4, 0.5) is 5.69 Å². The number of ether oxygens (including phenoxy) is 2. The average molecular weight is 464 g/mol. The lowest BCUT2D eigenvalue weighted by molar-refractivity contribution is 0.0154. The highest BCUT2D eigenvalue weighted by atomic mass is 16.5. The van der Waals surface area contributed by atoms with Crippen LogP contribution in [0.25, 0.3) is 5.78 Å². The van der Waals surface area contributed by atoms with Gasteiger partial charge in [0.25, 0.3) is 11.5 Å². The Morgan fingerprint density at radius 1 is 1.29 bits per heavy atom. The normalized spacial score (nSPS) is 29.3. The molecule has 2 saturated heterocycles. The minimum atomic E-state index is -0.447. The highest BCUT2D eigenvalue weighted by molar-refractivity contribution is 6.05. The van der Waals surface area contributed by atoms with E-state index in [1.165, 1.54) is 0 Å². The first-order chi connectivity index (χ1) is 16.2. The number of nitrogens with zero attached hydrogens (tertiary/aromatic N) is 4. The predicted octanol–water partition coefficient (Wildman–Crippen LogP) is 3.33. The van der Waals surface area contributed by atoms with Gasteiger partial charge in [0.2, 0.25) is 11.7 Å². The summed E-state index contributed by atoms with van der Waals surface area (Å²) in [6, 6.07) is 3.60. The van der Waals surface area contributed by atoms with Gasteiger partial charge in [-0.3, -0.25) is 14.0 Å². The zero-order chi connectivity index (χ0) is 23.8. The molecule has 1 N–H and O–H groups in total. The quantitative estimate of drug-likeness (QED) is 0.602. The molecule has 4 aliphatic rings. The van der Waals surface area contributed by atoms with Crippen molar-refractivity contribution in [2.45, 2.75) is 70.1 Å². The Labute approximate surface area is 197 Å². The van der Waals surface area contributed by atoms with E-state index in [1.807, 2.05) is 20.0 Å². The molecule has 1 amide bonds. The summed E-state index contributed by atoms with van der Waals surface area (Å²) in [5.41, 5.74) is 1.07. The fourth-order valence-electron chi connectivity index (χ4n) is 5.53. The molecule has 0 spiro atoms. The predicted molar refractivity (Wildman–Crippen MR) is 125 cm³/mol. The Bertz CT molecular complexity index is 1370. The van der Waals surface area contributed by atoms with Crippen molar-refractivity contribution in [2.24, 2.45) is 5.92 Å². The smallest absolute Gasteiger partial charge is 0.274 e. The monoisotopic (exact) mass is 463 g/mol. The molecular formula is C25H29N5O4. The summed E-state index contributed by atoms with van der Waals surface area (Å²) in [5, 5.41) is 2.78. The van der Waals surface area contributed by atoms with Gasteiger partial charge >= 0.3 is 0 Å². The van der Waals surface area contributed by atoms with Crippen molar-refractivity contribution in [3.63, 3.8) is 0 Å². The third-order valence-corrected chi connectivity index (χ3v) is 7.32. The largest absolute Gasteiger partial charge is 0.474 e.